The Hall–Kier alpha value is -0.860. The summed E-state index contributed by atoms with van der Waals surface area (Å²) in [6.07, 6.45) is 6.66. The standard InChI is InChI=1S/C18H30N2/c1-15-9-7-8-12-18(15)19-17(14-20(2)3)13-16-10-5-4-6-11-16/h4-6,10-11,15,17-19H,7-9,12-14H2,1-3H3. The highest BCUT2D eigenvalue weighted by Crippen LogP contribution is 2.24. The quantitative estimate of drug-likeness (QED) is 0.856. The van der Waals surface area contributed by atoms with Crippen LogP contribution in [0.25, 0.3) is 0 Å². The van der Waals surface area contributed by atoms with Gasteiger partial charge in [-0.3, -0.25) is 0 Å². The molecule has 2 nitrogen and oxygen atoms in total. The van der Waals surface area contributed by atoms with E-state index in [0.717, 1.165) is 18.9 Å². The Labute approximate surface area is 124 Å². The summed E-state index contributed by atoms with van der Waals surface area (Å²) in [7, 11) is 4.34. The van der Waals surface area contributed by atoms with E-state index >= 15 is 0 Å². The molecule has 0 spiro atoms. The molecule has 1 aromatic carbocycles. The number of benzene rings is 1. The highest BCUT2D eigenvalue weighted by Gasteiger charge is 2.24. The predicted octanol–water partition coefficient (Wildman–Crippen LogP) is 3.33. The molecule has 1 fully saturated rings. The Morgan fingerprint density at radius 2 is 1.85 bits per heavy atom. The van der Waals surface area contributed by atoms with E-state index in [1.54, 1.807) is 0 Å². The van der Waals surface area contributed by atoms with E-state index in [0.29, 0.717) is 12.1 Å². The lowest BCUT2D eigenvalue weighted by atomic mass is 9.85. The lowest BCUT2D eigenvalue weighted by Crippen LogP contribution is -2.48. The summed E-state index contributed by atoms with van der Waals surface area (Å²) in [4.78, 5) is 2.30. The van der Waals surface area contributed by atoms with Crippen molar-refractivity contribution in [3.8, 4) is 0 Å². The maximum atomic E-state index is 3.94. The highest BCUT2D eigenvalue weighted by atomic mass is 15.1. The van der Waals surface area contributed by atoms with Crippen molar-refractivity contribution in [2.24, 2.45) is 5.92 Å². The van der Waals surface area contributed by atoms with Crippen LogP contribution in [0.4, 0.5) is 0 Å². The number of nitrogens with zero attached hydrogens (tertiary/aromatic N) is 1. The molecule has 1 saturated carbocycles. The van der Waals surface area contributed by atoms with Crippen LogP contribution in [0.1, 0.15) is 38.2 Å². The van der Waals surface area contributed by atoms with Crippen LogP contribution in [-0.4, -0.2) is 37.6 Å². The number of hydrogen-bond acceptors (Lipinski definition) is 2. The summed E-state index contributed by atoms with van der Waals surface area (Å²) in [5.41, 5.74) is 1.44. The largest absolute Gasteiger partial charge is 0.309 e. The molecule has 0 heterocycles. The number of likely N-dealkylation sites (N-methyl/N-ethyl adjacent to an activating group) is 1. The van der Waals surface area contributed by atoms with Crippen LogP contribution in [0.5, 0.6) is 0 Å². The van der Waals surface area contributed by atoms with Crippen molar-refractivity contribution in [3.05, 3.63) is 35.9 Å². The van der Waals surface area contributed by atoms with Gasteiger partial charge in [-0.25, -0.2) is 0 Å². The van der Waals surface area contributed by atoms with E-state index in [1.807, 2.05) is 0 Å². The van der Waals surface area contributed by atoms with Gasteiger partial charge in [-0.2, -0.15) is 0 Å². The molecule has 1 aliphatic carbocycles. The van der Waals surface area contributed by atoms with Crippen LogP contribution in [-0.2, 0) is 6.42 Å². The Morgan fingerprint density at radius 3 is 2.50 bits per heavy atom. The highest BCUT2D eigenvalue weighted by molar-refractivity contribution is 5.16. The fourth-order valence-electron chi connectivity index (χ4n) is 3.38. The van der Waals surface area contributed by atoms with Crippen molar-refractivity contribution in [2.75, 3.05) is 20.6 Å². The lowest BCUT2D eigenvalue weighted by molar-refractivity contribution is 0.234. The minimum Gasteiger partial charge on any atom is -0.309 e. The van der Waals surface area contributed by atoms with Crippen molar-refractivity contribution in [1.29, 1.82) is 0 Å². The predicted molar refractivity (Wildman–Crippen MR) is 87.0 cm³/mol. The average molecular weight is 274 g/mol. The van der Waals surface area contributed by atoms with E-state index in [4.69, 9.17) is 0 Å². The van der Waals surface area contributed by atoms with Gasteiger partial charge in [-0.1, -0.05) is 50.1 Å². The van der Waals surface area contributed by atoms with E-state index < -0.39 is 0 Å². The Bertz CT molecular complexity index is 374. The van der Waals surface area contributed by atoms with Crippen LogP contribution in [0.3, 0.4) is 0 Å². The van der Waals surface area contributed by atoms with Crippen LogP contribution in [0.15, 0.2) is 30.3 Å². The molecule has 112 valence electrons. The van der Waals surface area contributed by atoms with Crippen LogP contribution in [0.2, 0.25) is 0 Å². The number of nitrogens with one attached hydrogen (secondary N) is 1. The Morgan fingerprint density at radius 1 is 1.15 bits per heavy atom. The molecule has 20 heavy (non-hydrogen) atoms. The molecule has 1 aliphatic rings. The van der Waals surface area contributed by atoms with Crippen molar-refractivity contribution in [3.63, 3.8) is 0 Å². The summed E-state index contributed by atoms with van der Waals surface area (Å²) in [5, 5.41) is 3.94. The van der Waals surface area contributed by atoms with Crippen molar-refractivity contribution < 1.29 is 0 Å². The number of rotatable bonds is 6. The van der Waals surface area contributed by atoms with E-state index in [1.165, 1.54) is 31.2 Å². The first-order valence-corrected chi connectivity index (χ1v) is 8.10. The van der Waals surface area contributed by atoms with Gasteiger partial charge < -0.3 is 10.2 Å². The third kappa shape index (κ3) is 4.92. The Kier molecular flexibility index (Phi) is 6.06. The summed E-state index contributed by atoms with van der Waals surface area (Å²) in [6, 6.07) is 12.1. The fraction of sp³-hybridized carbons (Fsp3) is 0.667. The maximum Gasteiger partial charge on any atom is 0.0237 e. The van der Waals surface area contributed by atoms with Crippen molar-refractivity contribution >= 4 is 0 Å². The molecule has 3 atom stereocenters. The van der Waals surface area contributed by atoms with Gasteiger partial charge >= 0.3 is 0 Å². The summed E-state index contributed by atoms with van der Waals surface area (Å²) in [6.45, 7) is 3.52. The van der Waals surface area contributed by atoms with E-state index in [9.17, 15) is 0 Å². The zero-order chi connectivity index (χ0) is 14.4. The molecular formula is C18H30N2. The topological polar surface area (TPSA) is 15.3 Å². The molecule has 3 unspecified atom stereocenters. The SMILES string of the molecule is CC1CCCCC1NC(Cc1ccccc1)CN(C)C. The molecule has 0 amide bonds. The van der Waals surface area contributed by atoms with Gasteiger partial charge in [0, 0.05) is 18.6 Å². The molecule has 0 aromatic heterocycles. The van der Waals surface area contributed by atoms with Gasteiger partial charge in [0.15, 0.2) is 0 Å². The number of hydrogen-bond donors (Lipinski definition) is 1. The first-order valence-electron chi connectivity index (χ1n) is 8.10. The van der Waals surface area contributed by atoms with Gasteiger partial charge in [-0.05, 0) is 44.8 Å². The average Bonchev–Trinajstić information content (AvgIpc) is 2.42. The molecule has 0 bridgehead atoms. The molecule has 0 aliphatic heterocycles. The zero-order valence-electron chi connectivity index (χ0n) is 13.3. The molecule has 1 aromatic rings. The van der Waals surface area contributed by atoms with Crippen molar-refractivity contribution in [2.45, 2.75) is 51.1 Å². The van der Waals surface area contributed by atoms with Crippen LogP contribution < -0.4 is 5.32 Å². The first kappa shape index (κ1) is 15.5. The monoisotopic (exact) mass is 274 g/mol. The summed E-state index contributed by atoms with van der Waals surface area (Å²) < 4.78 is 0. The van der Waals surface area contributed by atoms with Gasteiger partial charge in [0.2, 0.25) is 0 Å². The molecule has 1 N–H and O–H groups in total. The Balaban J connectivity index is 1.96. The van der Waals surface area contributed by atoms with E-state index in [-0.39, 0.29) is 0 Å². The van der Waals surface area contributed by atoms with Crippen LogP contribution >= 0.6 is 0 Å². The third-order valence-electron chi connectivity index (χ3n) is 4.47. The fourth-order valence-corrected chi connectivity index (χ4v) is 3.38. The van der Waals surface area contributed by atoms with Gasteiger partial charge in [-0.15, -0.1) is 0 Å². The molecule has 2 rings (SSSR count). The second-order valence-corrected chi connectivity index (χ2v) is 6.68. The van der Waals surface area contributed by atoms with Gasteiger partial charge in [0.05, 0.1) is 0 Å². The van der Waals surface area contributed by atoms with E-state index in [2.05, 4.69) is 61.6 Å². The minimum absolute atomic E-state index is 0.554. The summed E-state index contributed by atoms with van der Waals surface area (Å²) >= 11 is 0. The maximum absolute atomic E-state index is 3.94. The summed E-state index contributed by atoms with van der Waals surface area (Å²) in [5.74, 6) is 0.823. The van der Waals surface area contributed by atoms with Gasteiger partial charge in [0.25, 0.3) is 0 Å². The second-order valence-electron chi connectivity index (χ2n) is 6.68. The molecule has 0 saturated heterocycles. The van der Waals surface area contributed by atoms with Gasteiger partial charge in [0.1, 0.15) is 0 Å². The lowest BCUT2D eigenvalue weighted by Gasteiger charge is -2.34. The van der Waals surface area contributed by atoms with Crippen LogP contribution in [0, 0.1) is 5.92 Å². The second kappa shape index (κ2) is 7.80. The normalized spacial score (nSPS) is 24.8. The van der Waals surface area contributed by atoms with Crippen molar-refractivity contribution in [1.82, 2.24) is 10.2 Å². The third-order valence-corrected chi connectivity index (χ3v) is 4.47. The smallest absolute Gasteiger partial charge is 0.0237 e. The first-order chi connectivity index (χ1) is 9.65. The minimum atomic E-state index is 0.554. The molecule has 2 heteroatoms. The zero-order valence-corrected chi connectivity index (χ0v) is 13.3. The molecule has 0 radical (unpaired) electrons. The molecular weight excluding hydrogens is 244 g/mol.